The summed E-state index contributed by atoms with van der Waals surface area (Å²) in [4.78, 5) is 19.0. The fourth-order valence-corrected chi connectivity index (χ4v) is 3.78. The summed E-state index contributed by atoms with van der Waals surface area (Å²) in [5.41, 5.74) is 0.554. The third-order valence-electron chi connectivity index (χ3n) is 5.76. The predicted octanol–water partition coefficient (Wildman–Crippen LogP) is 2.78. The molecule has 0 bridgehead atoms. The zero-order valence-electron chi connectivity index (χ0n) is 15.4. The summed E-state index contributed by atoms with van der Waals surface area (Å²) in [6, 6.07) is 10.1. The molecule has 2 aromatic rings. The Bertz CT molecular complexity index is 766. The van der Waals surface area contributed by atoms with E-state index in [1.165, 1.54) is 0 Å². The lowest BCUT2D eigenvalue weighted by Crippen LogP contribution is -2.47. The monoisotopic (exact) mass is 355 g/mol. The van der Waals surface area contributed by atoms with Crippen molar-refractivity contribution in [2.75, 3.05) is 20.2 Å². The van der Waals surface area contributed by atoms with Crippen LogP contribution in [-0.2, 0) is 21.6 Å². The second kappa shape index (κ2) is 6.83. The molecule has 1 amide bonds. The van der Waals surface area contributed by atoms with Crippen molar-refractivity contribution in [3.8, 4) is 0 Å². The number of carbonyl (C=O) groups is 1. The molecule has 2 atom stereocenters. The van der Waals surface area contributed by atoms with Crippen molar-refractivity contribution < 1.29 is 14.1 Å². The second-order valence-electron chi connectivity index (χ2n) is 7.52. The molecule has 26 heavy (non-hydrogen) atoms. The number of hydrogen-bond donors (Lipinski definition) is 0. The molecule has 1 aliphatic heterocycles. The van der Waals surface area contributed by atoms with Gasteiger partial charge in [-0.1, -0.05) is 42.4 Å². The Morgan fingerprint density at radius 1 is 1.31 bits per heavy atom. The molecule has 0 unspecified atom stereocenters. The summed E-state index contributed by atoms with van der Waals surface area (Å²) in [6.07, 6.45) is 3.03. The molecule has 2 heterocycles. The van der Waals surface area contributed by atoms with Crippen molar-refractivity contribution in [1.29, 1.82) is 0 Å². The van der Waals surface area contributed by atoms with Gasteiger partial charge < -0.3 is 14.2 Å². The molecule has 138 valence electrons. The molecular weight excluding hydrogens is 330 g/mol. The summed E-state index contributed by atoms with van der Waals surface area (Å²) in [7, 11) is 1.68. The zero-order chi connectivity index (χ0) is 18.1. The summed E-state index contributed by atoms with van der Waals surface area (Å²) < 4.78 is 11.4. The third-order valence-corrected chi connectivity index (χ3v) is 5.76. The molecule has 1 saturated carbocycles. The molecule has 0 radical (unpaired) electrons. The lowest BCUT2D eigenvalue weighted by Gasteiger charge is -2.38. The van der Waals surface area contributed by atoms with Crippen LogP contribution in [-0.4, -0.2) is 41.1 Å². The first-order valence-electron chi connectivity index (χ1n) is 9.32. The van der Waals surface area contributed by atoms with E-state index in [0.717, 1.165) is 12.0 Å². The maximum absolute atomic E-state index is 12.4. The number of piperidine rings is 1. The number of nitrogens with zero attached hydrogens (tertiary/aromatic N) is 3. The molecule has 1 aliphatic carbocycles. The third kappa shape index (κ3) is 3.26. The second-order valence-corrected chi connectivity index (χ2v) is 7.52. The summed E-state index contributed by atoms with van der Waals surface area (Å²) in [5.74, 6) is 2.24. The van der Waals surface area contributed by atoms with Crippen LogP contribution in [0.2, 0.25) is 0 Å². The van der Waals surface area contributed by atoms with Gasteiger partial charge in [-0.3, -0.25) is 4.79 Å². The van der Waals surface area contributed by atoms with Crippen molar-refractivity contribution in [3.05, 3.63) is 47.6 Å². The molecule has 4 rings (SSSR count). The van der Waals surface area contributed by atoms with Crippen LogP contribution in [0.5, 0.6) is 0 Å². The van der Waals surface area contributed by atoms with Gasteiger partial charge in [0.05, 0.1) is 0 Å². The van der Waals surface area contributed by atoms with Crippen molar-refractivity contribution in [2.45, 2.75) is 38.2 Å². The van der Waals surface area contributed by atoms with Crippen molar-refractivity contribution in [2.24, 2.45) is 11.8 Å². The van der Waals surface area contributed by atoms with Gasteiger partial charge in [0.25, 0.3) is 5.89 Å². The smallest absolute Gasteiger partial charge is 0.259 e. The maximum Gasteiger partial charge on any atom is 0.259 e. The first-order chi connectivity index (χ1) is 12.6. The number of rotatable bonds is 5. The highest BCUT2D eigenvalue weighted by Crippen LogP contribution is 2.41. The number of methoxy groups -OCH3 is 1. The van der Waals surface area contributed by atoms with E-state index in [1.54, 1.807) is 7.11 Å². The number of likely N-dealkylation sites (tertiary alicyclic amines) is 1. The highest BCUT2D eigenvalue weighted by molar-refractivity contribution is 5.81. The topological polar surface area (TPSA) is 68.5 Å². The molecule has 1 aromatic heterocycles. The number of benzene rings is 1. The largest absolute Gasteiger partial charge is 0.368 e. The minimum absolute atomic E-state index is 0.228. The Kier molecular flexibility index (Phi) is 4.53. The van der Waals surface area contributed by atoms with Gasteiger partial charge in [0.1, 0.15) is 5.60 Å². The van der Waals surface area contributed by atoms with Gasteiger partial charge in [0.2, 0.25) is 5.91 Å². The molecule has 2 aliphatic rings. The Morgan fingerprint density at radius 3 is 2.62 bits per heavy atom. The van der Waals surface area contributed by atoms with Gasteiger partial charge in [0, 0.05) is 45.4 Å². The lowest BCUT2D eigenvalue weighted by molar-refractivity contribution is -0.140. The standard InChI is InChI=1S/C20H25N3O3/c1-14-12-16(14)18(24)23-10-8-20(25-2,9-11-23)19-21-17(22-26-19)13-15-6-4-3-5-7-15/h3-7,14,16H,8-13H2,1-2H3/t14-,16-/m0/s1. The number of carbonyl (C=O) groups excluding carboxylic acids is 1. The first-order valence-corrected chi connectivity index (χ1v) is 9.32. The fraction of sp³-hybridized carbons (Fsp3) is 0.550. The minimum Gasteiger partial charge on any atom is -0.368 e. The maximum atomic E-state index is 12.4. The highest BCUT2D eigenvalue weighted by Gasteiger charge is 2.46. The van der Waals surface area contributed by atoms with E-state index >= 15 is 0 Å². The zero-order valence-corrected chi connectivity index (χ0v) is 15.4. The van der Waals surface area contributed by atoms with Crippen molar-refractivity contribution in [1.82, 2.24) is 15.0 Å². The van der Waals surface area contributed by atoms with E-state index < -0.39 is 5.60 Å². The molecule has 2 fully saturated rings. The summed E-state index contributed by atoms with van der Waals surface area (Å²) >= 11 is 0. The molecular formula is C20H25N3O3. The van der Waals surface area contributed by atoms with Crippen LogP contribution in [0.4, 0.5) is 0 Å². The van der Waals surface area contributed by atoms with Crippen LogP contribution in [0, 0.1) is 11.8 Å². The van der Waals surface area contributed by atoms with E-state index in [4.69, 9.17) is 9.26 Å². The molecule has 6 heteroatoms. The van der Waals surface area contributed by atoms with Gasteiger partial charge in [0.15, 0.2) is 5.82 Å². The average molecular weight is 355 g/mol. The summed E-state index contributed by atoms with van der Waals surface area (Å²) in [6.45, 7) is 3.48. The van der Waals surface area contributed by atoms with E-state index in [1.807, 2.05) is 35.2 Å². The quantitative estimate of drug-likeness (QED) is 0.825. The lowest BCUT2D eigenvalue weighted by atomic mass is 9.90. The molecule has 0 N–H and O–H groups in total. The van der Waals surface area contributed by atoms with Crippen LogP contribution in [0.15, 0.2) is 34.9 Å². The SMILES string of the molecule is COC1(c2nc(Cc3ccccc3)no2)CCN(C(=O)[C@H]2C[C@@H]2C)CC1. The number of ether oxygens (including phenoxy) is 1. The Morgan fingerprint density at radius 2 is 2.00 bits per heavy atom. The number of aromatic nitrogens is 2. The van der Waals surface area contributed by atoms with Gasteiger partial charge in [-0.2, -0.15) is 4.98 Å². The first kappa shape index (κ1) is 17.2. The minimum atomic E-state index is -0.589. The highest BCUT2D eigenvalue weighted by atomic mass is 16.5. The van der Waals surface area contributed by atoms with Crippen LogP contribution in [0.1, 0.15) is 43.5 Å². The average Bonchev–Trinajstić information content (AvgIpc) is 3.22. The normalized spacial score (nSPS) is 24.5. The van der Waals surface area contributed by atoms with Crippen LogP contribution in [0.25, 0.3) is 0 Å². The Labute approximate surface area is 153 Å². The van der Waals surface area contributed by atoms with Crippen LogP contribution in [0.3, 0.4) is 0 Å². The number of amides is 1. The van der Waals surface area contributed by atoms with E-state index in [-0.39, 0.29) is 11.8 Å². The van der Waals surface area contributed by atoms with Crippen molar-refractivity contribution >= 4 is 5.91 Å². The van der Waals surface area contributed by atoms with Gasteiger partial charge >= 0.3 is 0 Å². The predicted molar refractivity (Wildman–Crippen MR) is 95.3 cm³/mol. The molecule has 1 aromatic carbocycles. The van der Waals surface area contributed by atoms with Crippen LogP contribution < -0.4 is 0 Å². The van der Waals surface area contributed by atoms with Crippen LogP contribution >= 0.6 is 0 Å². The fourth-order valence-electron chi connectivity index (χ4n) is 3.78. The van der Waals surface area contributed by atoms with E-state index in [2.05, 4.69) is 17.1 Å². The van der Waals surface area contributed by atoms with Gasteiger partial charge in [-0.15, -0.1) is 0 Å². The van der Waals surface area contributed by atoms with Crippen molar-refractivity contribution in [3.63, 3.8) is 0 Å². The molecule has 6 nitrogen and oxygen atoms in total. The van der Waals surface area contributed by atoms with E-state index in [9.17, 15) is 4.79 Å². The molecule has 0 spiro atoms. The number of hydrogen-bond acceptors (Lipinski definition) is 5. The summed E-state index contributed by atoms with van der Waals surface area (Å²) in [5, 5.41) is 4.14. The van der Waals surface area contributed by atoms with Gasteiger partial charge in [-0.25, -0.2) is 0 Å². The Balaban J connectivity index is 1.43. The Hall–Kier alpha value is -2.21. The van der Waals surface area contributed by atoms with E-state index in [0.29, 0.717) is 50.0 Å². The van der Waals surface area contributed by atoms with Gasteiger partial charge in [-0.05, 0) is 17.9 Å². The molecule has 1 saturated heterocycles.